The molecule has 3 aromatic carbocycles. The van der Waals surface area contributed by atoms with Crippen LogP contribution in [0.15, 0.2) is 70.5 Å². The van der Waals surface area contributed by atoms with E-state index in [0.29, 0.717) is 22.1 Å². The van der Waals surface area contributed by atoms with E-state index in [2.05, 4.69) is 15.0 Å². The Morgan fingerprint density at radius 3 is 2.45 bits per heavy atom. The molecule has 4 aromatic rings. The molecular formula is C26H23ClFN3O6S. The van der Waals surface area contributed by atoms with Gasteiger partial charge in [-0.15, -0.1) is 0 Å². The summed E-state index contributed by atoms with van der Waals surface area (Å²) < 4.78 is 53.6. The number of aromatic amines is 1. The summed E-state index contributed by atoms with van der Waals surface area (Å²) in [6, 6.07) is 13.4. The van der Waals surface area contributed by atoms with Crippen molar-refractivity contribution in [1.82, 2.24) is 15.0 Å². The van der Waals surface area contributed by atoms with Crippen LogP contribution in [-0.2, 0) is 23.1 Å². The molecule has 38 heavy (non-hydrogen) atoms. The molecule has 9 nitrogen and oxygen atoms in total. The number of aromatic nitrogens is 1. The molecule has 0 unspecified atom stereocenters. The van der Waals surface area contributed by atoms with Crippen LogP contribution in [0.1, 0.15) is 21.5 Å². The molecular weight excluding hydrogens is 537 g/mol. The summed E-state index contributed by atoms with van der Waals surface area (Å²) in [4.78, 5) is 27.9. The van der Waals surface area contributed by atoms with Gasteiger partial charge in [-0.3, -0.25) is 9.59 Å². The number of fused-ring (bicyclic) bond motifs is 1. The Balaban J connectivity index is 1.60. The van der Waals surface area contributed by atoms with E-state index in [-0.39, 0.29) is 29.6 Å². The molecule has 0 fully saturated rings. The Morgan fingerprint density at radius 1 is 1.03 bits per heavy atom. The third-order valence-corrected chi connectivity index (χ3v) is 7.41. The third kappa shape index (κ3) is 5.80. The van der Waals surface area contributed by atoms with Crippen molar-refractivity contribution in [1.29, 1.82) is 0 Å². The van der Waals surface area contributed by atoms with E-state index in [1.807, 2.05) is 0 Å². The lowest BCUT2D eigenvalue weighted by Crippen LogP contribution is -2.29. The van der Waals surface area contributed by atoms with E-state index in [1.54, 1.807) is 42.5 Å². The maximum atomic E-state index is 14.8. The molecule has 0 aliphatic rings. The van der Waals surface area contributed by atoms with Crippen LogP contribution >= 0.6 is 11.6 Å². The number of ether oxygens (including phenoxy) is 2. The zero-order chi connectivity index (χ0) is 27.4. The van der Waals surface area contributed by atoms with Gasteiger partial charge in [-0.2, -0.15) is 0 Å². The van der Waals surface area contributed by atoms with Crippen LogP contribution in [-0.4, -0.2) is 33.5 Å². The number of H-pyrrole nitrogens is 1. The molecule has 1 heterocycles. The van der Waals surface area contributed by atoms with E-state index in [0.717, 1.165) is 23.9 Å². The third-order valence-electron chi connectivity index (χ3n) is 5.78. The van der Waals surface area contributed by atoms with E-state index in [9.17, 15) is 22.4 Å². The number of pyridine rings is 1. The first-order chi connectivity index (χ1) is 18.1. The van der Waals surface area contributed by atoms with Crippen LogP contribution in [0.25, 0.3) is 10.9 Å². The quantitative estimate of drug-likeness (QED) is 0.287. The minimum atomic E-state index is -4.25. The van der Waals surface area contributed by atoms with Crippen LogP contribution in [0.2, 0.25) is 5.02 Å². The van der Waals surface area contributed by atoms with E-state index in [1.165, 1.54) is 14.2 Å². The molecule has 0 aliphatic heterocycles. The molecule has 198 valence electrons. The summed E-state index contributed by atoms with van der Waals surface area (Å²) >= 11 is 5.86. The second-order valence-electron chi connectivity index (χ2n) is 8.17. The topological polar surface area (TPSA) is 127 Å². The van der Waals surface area contributed by atoms with Crippen molar-refractivity contribution in [3.05, 3.63) is 98.5 Å². The van der Waals surface area contributed by atoms with Gasteiger partial charge in [0.15, 0.2) is 0 Å². The lowest BCUT2D eigenvalue weighted by Gasteiger charge is -2.12. The van der Waals surface area contributed by atoms with Gasteiger partial charge in [-0.1, -0.05) is 29.8 Å². The summed E-state index contributed by atoms with van der Waals surface area (Å²) in [5, 5.41) is 2.86. The number of sulfonamides is 1. The van der Waals surface area contributed by atoms with Crippen molar-refractivity contribution in [2.45, 2.75) is 18.0 Å². The molecule has 3 N–H and O–H groups in total. The average molecular weight is 560 g/mol. The average Bonchev–Trinajstić information content (AvgIpc) is 2.91. The second kappa shape index (κ2) is 11.2. The Kier molecular flexibility index (Phi) is 8.00. The van der Waals surface area contributed by atoms with Gasteiger partial charge in [0.25, 0.3) is 5.91 Å². The van der Waals surface area contributed by atoms with Crippen molar-refractivity contribution in [3.63, 3.8) is 0 Å². The predicted octanol–water partition coefficient (Wildman–Crippen LogP) is 3.75. The lowest BCUT2D eigenvalue weighted by atomic mass is 10.1. The van der Waals surface area contributed by atoms with Crippen molar-refractivity contribution in [2.24, 2.45) is 0 Å². The Labute approximate surface area is 222 Å². The number of nitrogens with one attached hydrogen (secondary N) is 3. The first-order valence-corrected chi connectivity index (χ1v) is 13.1. The number of carbonyl (C=O) groups is 1. The molecule has 4 rings (SSSR count). The van der Waals surface area contributed by atoms with E-state index >= 15 is 0 Å². The van der Waals surface area contributed by atoms with Crippen molar-refractivity contribution < 1.29 is 27.1 Å². The minimum Gasteiger partial charge on any atom is -0.497 e. The van der Waals surface area contributed by atoms with Crippen LogP contribution in [0.3, 0.4) is 0 Å². The van der Waals surface area contributed by atoms with Crippen molar-refractivity contribution >= 4 is 38.4 Å². The van der Waals surface area contributed by atoms with Crippen LogP contribution in [0, 0.1) is 5.82 Å². The predicted molar refractivity (Wildman–Crippen MR) is 141 cm³/mol. The van der Waals surface area contributed by atoms with Crippen LogP contribution in [0.4, 0.5) is 4.39 Å². The standard InChI is InChI=1S/C26H23ClFN3O6S/c1-36-18-8-5-16(23(9-18)37-2)13-31-38(34,35)19-10-20-24(22(28)11-19)29-14-21(25(20)32)26(33)30-12-15-3-6-17(27)7-4-15/h3-11,14,31H,12-13H2,1-2H3,(H,29,32)(H,30,33). The van der Waals surface area contributed by atoms with Gasteiger partial charge in [-0.25, -0.2) is 17.5 Å². The molecule has 0 spiro atoms. The number of hydrogen-bond donors (Lipinski definition) is 3. The first kappa shape index (κ1) is 27.1. The van der Waals surface area contributed by atoms with Gasteiger partial charge in [0.2, 0.25) is 15.5 Å². The second-order valence-corrected chi connectivity index (χ2v) is 10.4. The first-order valence-electron chi connectivity index (χ1n) is 11.2. The summed E-state index contributed by atoms with van der Waals surface area (Å²) in [5.74, 6) is -0.753. The van der Waals surface area contributed by atoms with Gasteiger partial charge in [0.05, 0.1) is 30.0 Å². The van der Waals surface area contributed by atoms with Crippen LogP contribution in [0.5, 0.6) is 11.5 Å². The molecule has 0 saturated heterocycles. The molecule has 0 atom stereocenters. The summed E-state index contributed by atoms with van der Waals surface area (Å²) in [6.45, 7) is -0.0480. The molecule has 0 saturated carbocycles. The zero-order valence-corrected chi connectivity index (χ0v) is 21.9. The van der Waals surface area contributed by atoms with Crippen molar-refractivity contribution in [3.8, 4) is 11.5 Å². The summed E-state index contributed by atoms with van der Waals surface area (Å²) in [7, 11) is -1.33. The smallest absolute Gasteiger partial charge is 0.257 e. The molecule has 12 heteroatoms. The number of benzene rings is 3. The highest BCUT2D eigenvalue weighted by Crippen LogP contribution is 2.25. The van der Waals surface area contributed by atoms with Gasteiger partial charge < -0.3 is 19.8 Å². The SMILES string of the molecule is COc1ccc(CNS(=O)(=O)c2cc(F)c3[nH]cc(C(=O)NCc4ccc(Cl)cc4)c(=O)c3c2)c(OC)c1. The Morgan fingerprint density at radius 2 is 1.76 bits per heavy atom. The molecule has 0 aliphatic carbocycles. The molecule has 1 aromatic heterocycles. The fourth-order valence-corrected chi connectivity index (χ4v) is 4.89. The highest BCUT2D eigenvalue weighted by Gasteiger charge is 2.21. The summed E-state index contributed by atoms with van der Waals surface area (Å²) in [6.07, 6.45) is 1.09. The maximum absolute atomic E-state index is 14.8. The Bertz CT molecular complexity index is 1670. The Hall–Kier alpha value is -3.93. The maximum Gasteiger partial charge on any atom is 0.257 e. The molecule has 1 amide bonds. The van der Waals surface area contributed by atoms with E-state index < -0.39 is 32.1 Å². The molecule has 0 radical (unpaired) electrons. The fraction of sp³-hybridized carbons (Fsp3) is 0.154. The number of rotatable bonds is 9. The number of carbonyl (C=O) groups excluding carboxylic acids is 1. The number of methoxy groups -OCH3 is 2. The van der Waals surface area contributed by atoms with Crippen molar-refractivity contribution in [2.75, 3.05) is 14.2 Å². The van der Waals surface area contributed by atoms with Gasteiger partial charge >= 0.3 is 0 Å². The fourth-order valence-electron chi connectivity index (χ4n) is 3.72. The minimum absolute atomic E-state index is 0.120. The van der Waals surface area contributed by atoms with E-state index in [4.69, 9.17) is 21.1 Å². The van der Waals surface area contributed by atoms with Gasteiger partial charge in [0, 0.05) is 35.9 Å². The monoisotopic (exact) mass is 559 g/mol. The van der Waals surface area contributed by atoms with Gasteiger partial charge in [0.1, 0.15) is 22.9 Å². The lowest BCUT2D eigenvalue weighted by molar-refractivity contribution is 0.0949. The highest BCUT2D eigenvalue weighted by atomic mass is 35.5. The van der Waals surface area contributed by atoms with Crippen LogP contribution < -0.4 is 24.9 Å². The number of hydrogen-bond acceptors (Lipinski definition) is 6. The summed E-state index contributed by atoms with van der Waals surface area (Å²) in [5.41, 5.74) is -0.0777. The zero-order valence-electron chi connectivity index (χ0n) is 20.3. The normalized spacial score (nSPS) is 11.4. The molecule has 0 bridgehead atoms. The number of amides is 1. The van der Waals surface area contributed by atoms with Gasteiger partial charge in [-0.05, 0) is 35.9 Å². The largest absolute Gasteiger partial charge is 0.497 e. The highest BCUT2D eigenvalue weighted by molar-refractivity contribution is 7.89. The number of halogens is 2.